The van der Waals surface area contributed by atoms with Gasteiger partial charge in [-0.25, -0.2) is 0 Å². The molecule has 1 fully saturated rings. The summed E-state index contributed by atoms with van der Waals surface area (Å²) in [5, 5.41) is 2.02. The van der Waals surface area contributed by atoms with E-state index in [1.807, 2.05) is 5.38 Å². The molecular weight excluding hydrogens is 182 g/mol. The average Bonchev–Trinajstić information content (AvgIpc) is 2.76. The van der Waals surface area contributed by atoms with Crippen molar-refractivity contribution in [2.75, 3.05) is 19.6 Å². The van der Waals surface area contributed by atoms with Gasteiger partial charge in [-0.2, -0.15) is 4.37 Å². The fraction of sp³-hybridized carbons (Fsp3) is 0.667. The van der Waals surface area contributed by atoms with Crippen LogP contribution < -0.4 is 5.73 Å². The lowest BCUT2D eigenvalue weighted by Gasteiger charge is -2.24. The summed E-state index contributed by atoms with van der Waals surface area (Å²) in [5.41, 5.74) is 6.91. The molecule has 1 aliphatic rings. The van der Waals surface area contributed by atoms with E-state index in [0.717, 1.165) is 5.69 Å². The van der Waals surface area contributed by atoms with Gasteiger partial charge in [-0.1, -0.05) is 0 Å². The van der Waals surface area contributed by atoms with E-state index in [4.69, 9.17) is 5.73 Å². The van der Waals surface area contributed by atoms with Crippen LogP contribution in [0.3, 0.4) is 0 Å². The molecule has 0 bridgehead atoms. The van der Waals surface area contributed by atoms with Crippen LogP contribution >= 0.6 is 11.5 Å². The van der Waals surface area contributed by atoms with Crippen LogP contribution in [0.25, 0.3) is 0 Å². The summed E-state index contributed by atoms with van der Waals surface area (Å²) in [6.07, 6.45) is 2.61. The van der Waals surface area contributed by atoms with Gasteiger partial charge in [-0.05, 0) is 43.5 Å². The van der Waals surface area contributed by atoms with Crippen LogP contribution in [0, 0.1) is 0 Å². The van der Waals surface area contributed by atoms with Crippen LogP contribution in [0.5, 0.6) is 0 Å². The highest BCUT2D eigenvalue weighted by Gasteiger charge is 2.23. The number of nitrogens with zero attached hydrogens (tertiary/aromatic N) is 2. The summed E-state index contributed by atoms with van der Waals surface area (Å²) in [6, 6.07) is 2.44. The number of rotatable bonds is 3. The zero-order valence-corrected chi connectivity index (χ0v) is 8.46. The summed E-state index contributed by atoms with van der Waals surface area (Å²) in [7, 11) is 0. The molecule has 0 aliphatic carbocycles. The van der Waals surface area contributed by atoms with Crippen molar-refractivity contribution in [2.45, 2.75) is 18.9 Å². The fourth-order valence-electron chi connectivity index (χ4n) is 1.90. The molecular formula is C9H15N3S. The molecule has 13 heavy (non-hydrogen) atoms. The first-order valence-electron chi connectivity index (χ1n) is 4.76. The minimum atomic E-state index is 0.355. The minimum absolute atomic E-state index is 0.355. The summed E-state index contributed by atoms with van der Waals surface area (Å²) in [6.45, 7) is 3.04. The molecule has 0 amide bonds. The lowest BCUT2D eigenvalue weighted by molar-refractivity contribution is 0.248. The molecule has 0 spiro atoms. The second-order valence-electron chi connectivity index (χ2n) is 3.42. The van der Waals surface area contributed by atoms with Crippen molar-refractivity contribution in [3.63, 3.8) is 0 Å². The van der Waals surface area contributed by atoms with E-state index in [2.05, 4.69) is 15.3 Å². The molecule has 4 heteroatoms. The standard InChI is InChI=1S/C9H15N3S/c10-7-9(8-3-6-13-11-8)12-4-1-2-5-12/h3,6,9H,1-2,4-5,7,10H2. The maximum atomic E-state index is 5.77. The summed E-state index contributed by atoms with van der Waals surface area (Å²) >= 11 is 1.51. The molecule has 72 valence electrons. The van der Waals surface area contributed by atoms with Crippen LogP contribution in [0.1, 0.15) is 24.6 Å². The van der Waals surface area contributed by atoms with Crippen LogP contribution in [-0.2, 0) is 0 Å². The average molecular weight is 197 g/mol. The predicted molar refractivity (Wildman–Crippen MR) is 54.7 cm³/mol. The van der Waals surface area contributed by atoms with Crippen molar-refractivity contribution in [2.24, 2.45) is 5.73 Å². The maximum absolute atomic E-state index is 5.77. The lowest BCUT2D eigenvalue weighted by atomic mass is 10.2. The Labute approximate surface area is 82.7 Å². The zero-order valence-electron chi connectivity index (χ0n) is 7.65. The smallest absolute Gasteiger partial charge is 0.0726 e. The Morgan fingerprint density at radius 2 is 2.31 bits per heavy atom. The highest BCUT2D eigenvalue weighted by Crippen LogP contribution is 2.23. The molecule has 0 radical (unpaired) electrons. The van der Waals surface area contributed by atoms with Gasteiger partial charge in [0.1, 0.15) is 0 Å². The zero-order chi connectivity index (χ0) is 9.10. The number of hydrogen-bond acceptors (Lipinski definition) is 4. The van der Waals surface area contributed by atoms with Gasteiger partial charge in [0.05, 0.1) is 11.7 Å². The Morgan fingerprint density at radius 3 is 2.85 bits per heavy atom. The van der Waals surface area contributed by atoms with Crippen molar-refractivity contribution in [1.82, 2.24) is 9.27 Å². The van der Waals surface area contributed by atoms with Gasteiger partial charge in [-0.3, -0.25) is 4.90 Å². The third-order valence-corrected chi connectivity index (χ3v) is 3.18. The van der Waals surface area contributed by atoms with Gasteiger partial charge in [0.25, 0.3) is 0 Å². The number of nitrogens with two attached hydrogens (primary N) is 1. The highest BCUT2D eigenvalue weighted by molar-refractivity contribution is 7.03. The first-order valence-corrected chi connectivity index (χ1v) is 5.60. The Hall–Kier alpha value is -0.450. The molecule has 0 saturated carbocycles. The minimum Gasteiger partial charge on any atom is -0.329 e. The predicted octanol–water partition coefficient (Wildman–Crippen LogP) is 1.24. The largest absolute Gasteiger partial charge is 0.329 e. The number of hydrogen-bond donors (Lipinski definition) is 1. The summed E-state index contributed by atoms with van der Waals surface area (Å²) < 4.78 is 4.35. The molecule has 1 aromatic heterocycles. The van der Waals surface area contributed by atoms with Crippen LogP contribution in [0.2, 0.25) is 0 Å². The van der Waals surface area contributed by atoms with Crippen LogP contribution in [-0.4, -0.2) is 28.9 Å². The highest BCUT2D eigenvalue weighted by atomic mass is 32.1. The summed E-state index contributed by atoms with van der Waals surface area (Å²) in [4.78, 5) is 2.44. The van der Waals surface area contributed by atoms with E-state index in [-0.39, 0.29) is 0 Å². The number of aromatic nitrogens is 1. The Bertz CT molecular complexity index is 241. The Morgan fingerprint density at radius 1 is 1.54 bits per heavy atom. The molecule has 2 rings (SSSR count). The van der Waals surface area contributed by atoms with E-state index in [9.17, 15) is 0 Å². The lowest BCUT2D eigenvalue weighted by Crippen LogP contribution is -2.31. The third-order valence-electron chi connectivity index (χ3n) is 2.60. The van der Waals surface area contributed by atoms with Crippen LogP contribution in [0.15, 0.2) is 11.4 Å². The van der Waals surface area contributed by atoms with Crippen molar-refractivity contribution in [3.8, 4) is 0 Å². The number of likely N-dealkylation sites (tertiary alicyclic amines) is 1. The van der Waals surface area contributed by atoms with Gasteiger partial charge in [-0.15, -0.1) is 0 Å². The Kier molecular flexibility index (Phi) is 2.93. The summed E-state index contributed by atoms with van der Waals surface area (Å²) in [5.74, 6) is 0. The van der Waals surface area contributed by atoms with Crippen molar-refractivity contribution < 1.29 is 0 Å². The molecule has 2 N–H and O–H groups in total. The fourth-order valence-corrected chi connectivity index (χ4v) is 2.47. The van der Waals surface area contributed by atoms with Gasteiger partial charge >= 0.3 is 0 Å². The molecule has 0 aromatic carbocycles. The molecule has 1 unspecified atom stereocenters. The van der Waals surface area contributed by atoms with Crippen LogP contribution in [0.4, 0.5) is 0 Å². The quantitative estimate of drug-likeness (QED) is 0.792. The molecule has 3 nitrogen and oxygen atoms in total. The topological polar surface area (TPSA) is 42.1 Å². The van der Waals surface area contributed by atoms with E-state index in [1.54, 1.807) is 0 Å². The molecule has 1 atom stereocenters. The van der Waals surface area contributed by atoms with Crippen molar-refractivity contribution in [1.29, 1.82) is 0 Å². The monoisotopic (exact) mass is 197 g/mol. The van der Waals surface area contributed by atoms with E-state index >= 15 is 0 Å². The molecule has 1 aromatic rings. The SMILES string of the molecule is NCC(c1ccsn1)N1CCCC1. The first kappa shape index (κ1) is 9.12. The van der Waals surface area contributed by atoms with Gasteiger partial charge < -0.3 is 5.73 Å². The van der Waals surface area contributed by atoms with E-state index in [1.165, 1.54) is 37.5 Å². The maximum Gasteiger partial charge on any atom is 0.0726 e. The van der Waals surface area contributed by atoms with Crippen molar-refractivity contribution in [3.05, 3.63) is 17.1 Å². The Balaban J connectivity index is 2.08. The van der Waals surface area contributed by atoms with Gasteiger partial charge in [0.15, 0.2) is 0 Å². The van der Waals surface area contributed by atoms with Gasteiger partial charge in [0.2, 0.25) is 0 Å². The first-order chi connectivity index (χ1) is 6.42. The molecule has 1 aliphatic heterocycles. The van der Waals surface area contributed by atoms with E-state index < -0.39 is 0 Å². The molecule has 2 heterocycles. The second kappa shape index (κ2) is 4.17. The van der Waals surface area contributed by atoms with Crippen molar-refractivity contribution >= 4 is 11.5 Å². The third kappa shape index (κ3) is 1.90. The second-order valence-corrected chi connectivity index (χ2v) is 4.08. The molecule has 1 saturated heterocycles. The van der Waals surface area contributed by atoms with Gasteiger partial charge in [0, 0.05) is 11.9 Å². The normalized spacial score (nSPS) is 20.7. The van der Waals surface area contributed by atoms with E-state index in [0.29, 0.717) is 12.6 Å².